The van der Waals surface area contributed by atoms with Crippen LogP contribution in [0.4, 0.5) is 5.69 Å². The Hall–Kier alpha value is -3.07. The van der Waals surface area contributed by atoms with Crippen molar-refractivity contribution in [1.29, 1.82) is 0 Å². The summed E-state index contributed by atoms with van der Waals surface area (Å²) in [5.74, 6) is 0.681. The summed E-state index contributed by atoms with van der Waals surface area (Å²) < 4.78 is 1.98. The highest BCUT2D eigenvalue weighted by Crippen LogP contribution is 2.27. The van der Waals surface area contributed by atoms with E-state index in [1.807, 2.05) is 17.7 Å². The number of rotatable bonds is 5. The van der Waals surface area contributed by atoms with E-state index in [-0.39, 0.29) is 0 Å². The van der Waals surface area contributed by atoms with E-state index < -0.39 is 0 Å². The molecule has 0 unspecified atom stereocenters. The Morgan fingerprint density at radius 2 is 2.04 bits per heavy atom. The van der Waals surface area contributed by atoms with Gasteiger partial charge in [0, 0.05) is 24.3 Å². The van der Waals surface area contributed by atoms with Crippen molar-refractivity contribution in [2.45, 2.75) is 33.2 Å². The number of imidazole rings is 1. The molecule has 6 heteroatoms. The summed E-state index contributed by atoms with van der Waals surface area (Å²) in [4.78, 5) is 21.1. The van der Waals surface area contributed by atoms with E-state index in [0.29, 0.717) is 23.8 Å². The molecule has 0 aromatic carbocycles. The molecule has 120 valence electrons. The Bertz CT molecular complexity index is 891. The number of aromatic nitrogens is 5. The van der Waals surface area contributed by atoms with Gasteiger partial charge in [-0.1, -0.05) is 25.5 Å². The third-order valence-corrected chi connectivity index (χ3v) is 3.90. The van der Waals surface area contributed by atoms with Crippen LogP contribution in [0, 0.1) is 13.5 Å². The number of pyridine rings is 1. The van der Waals surface area contributed by atoms with E-state index in [1.165, 1.54) is 5.56 Å². The van der Waals surface area contributed by atoms with Crippen LogP contribution >= 0.6 is 0 Å². The molecule has 3 aromatic rings. The van der Waals surface area contributed by atoms with Gasteiger partial charge in [-0.2, -0.15) is 0 Å². The summed E-state index contributed by atoms with van der Waals surface area (Å²) in [6, 6.07) is 3.52. The standard InChI is InChI=1S/C18H18N6/c1-4-6-14-13(2)22-12-23-16(14)11-24-10-9-21-18(24)17-15(19-3)7-5-8-20-17/h5,7-10,12H,4,6,11H2,1-2H3. The van der Waals surface area contributed by atoms with E-state index in [1.54, 1.807) is 30.9 Å². The minimum atomic E-state index is 0.498. The Morgan fingerprint density at radius 3 is 2.83 bits per heavy atom. The van der Waals surface area contributed by atoms with Crippen LogP contribution in [0.15, 0.2) is 37.1 Å². The summed E-state index contributed by atoms with van der Waals surface area (Å²) in [5, 5.41) is 0. The third kappa shape index (κ3) is 3.01. The van der Waals surface area contributed by atoms with Gasteiger partial charge < -0.3 is 4.57 Å². The largest absolute Gasteiger partial charge is 0.325 e. The first kappa shape index (κ1) is 15.8. The Balaban J connectivity index is 2.01. The fourth-order valence-corrected chi connectivity index (χ4v) is 2.74. The van der Waals surface area contributed by atoms with Crippen molar-refractivity contribution in [3.63, 3.8) is 0 Å². The molecule has 6 nitrogen and oxygen atoms in total. The van der Waals surface area contributed by atoms with Gasteiger partial charge in [0.1, 0.15) is 17.8 Å². The van der Waals surface area contributed by atoms with Crippen molar-refractivity contribution in [2.75, 3.05) is 0 Å². The highest BCUT2D eigenvalue weighted by molar-refractivity contribution is 5.70. The Labute approximate surface area is 141 Å². The molecule has 24 heavy (non-hydrogen) atoms. The van der Waals surface area contributed by atoms with E-state index >= 15 is 0 Å². The maximum absolute atomic E-state index is 7.32. The van der Waals surface area contributed by atoms with Gasteiger partial charge in [0.05, 0.1) is 18.8 Å². The monoisotopic (exact) mass is 318 g/mol. The highest BCUT2D eigenvalue weighted by Gasteiger charge is 2.15. The summed E-state index contributed by atoms with van der Waals surface area (Å²) in [5.41, 5.74) is 4.29. The molecule has 0 saturated carbocycles. The molecular formula is C18H18N6. The predicted octanol–water partition coefficient (Wildman–Crippen LogP) is 3.60. The van der Waals surface area contributed by atoms with Crippen molar-refractivity contribution >= 4 is 5.69 Å². The van der Waals surface area contributed by atoms with Crippen LogP contribution in [0.2, 0.25) is 0 Å². The first-order valence-corrected chi connectivity index (χ1v) is 7.88. The van der Waals surface area contributed by atoms with Crippen molar-refractivity contribution in [1.82, 2.24) is 24.5 Å². The Kier molecular flexibility index (Phi) is 4.62. The number of nitrogens with zero attached hydrogens (tertiary/aromatic N) is 6. The number of hydrogen-bond acceptors (Lipinski definition) is 4. The van der Waals surface area contributed by atoms with Crippen molar-refractivity contribution in [2.24, 2.45) is 0 Å². The van der Waals surface area contributed by atoms with Crippen LogP contribution in [0.25, 0.3) is 16.4 Å². The number of hydrogen-bond donors (Lipinski definition) is 0. The van der Waals surface area contributed by atoms with Gasteiger partial charge in [-0.15, -0.1) is 0 Å². The third-order valence-electron chi connectivity index (χ3n) is 3.90. The van der Waals surface area contributed by atoms with E-state index in [0.717, 1.165) is 24.2 Å². The molecule has 0 spiro atoms. The molecule has 0 aliphatic carbocycles. The Morgan fingerprint density at radius 1 is 1.17 bits per heavy atom. The maximum atomic E-state index is 7.32. The van der Waals surface area contributed by atoms with Gasteiger partial charge >= 0.3 is 0 Å². The molecule has 0 aliphatic rings. The van der Waals surface area contributed by atoms with Gasteiger partial charge in [-0.3, -0.25) is 4.98 Å². The molecule has 0 saturated heterocycles. The molecule has 0 atom stereocenters. The molecule has 3 heterocycles. The number of aryl methyl sites for hydroxylation is 1. The van der Waals surface area contributed by atoms with Crippen LogP contribution in [-0.2, 0) is 13.0 Å². The molecule has 3 rings (SSSR count). The highest BCUT2D eigenvalue weighted by atomic mass is 15.1. The fraction of sp³-hybridized carbons (Fsp3) is 0.278. The SMILES string of the molecule is [C-]#[N+]c1cccnc1-c1nccn1Cc1ncnc(C)c1CCC. The average Bonchev–Trinajstić information content (AvgIpc) is 3.06. The molecule has 0 bridgehead atoms. The van der Waals surface area contributed by atoms with E-state index in [9.17, 15) is 0 Å². The lowest BCUT2D eigenvalue weighted by atomic mass is 10.1. The van der Waals surface area contributed by atoms with Crippen molar-refractivity contribution in [3.8, 4) is 11.5 Å². The lowest BCUT2D eigenvalue weighted by molar-refractivity contribution is 0.744. The van der Waals surface area contributed by atoms with Crippen molar-refractivity contribution in [3.05, 3.63) is 65.4 Å². The van der Waals surface area contributed by atoms with Gasteiger partial charge in [0.15, 0.2) is 0 Å². The maximum Gasteiger partial charge on any atom is 0.216 e. The minimum Gasteiger partial charge on any atom is -0.325 e. The van der Waals surface area contributed by atoms with Gasteiger partial charge in [0.2, 0.25) is 5.69 Å². The summed E-state index contributed by atoms with van der Waals surface area (Å²) in [6.07, 6.45) is 8.89. The zero-order valence-corrected chi connectivity index (χ0v) is 13.8. The molecule has 0 radical (unpaired) electrons. The second-order valence-corrected chi connectivity index (χ2v) is 5.50. The molecule has 3 aromatic heterocycles. The fourth-order valence-electron chi connectivity index (χ4n) is 2.74. The molecule has 0 amide bonds. The lowest BCUT2D eigenvalue weighted by Gasteiger charge is -2.12. The summed E-state index contributed by atoms with van der Waals surface area (Å²) in [6.45, 7) is 12.1. The first-order valence-electron chi connectivity index (χ1n) is 7.88. The van der Waals surface area contributed by atoms with E-state index in [2.05, 4.69) is 31.7 Å². The second-order valence-electron chi connectivity index (χ2n) is 5.50. The van der Waals surface area contributed by atoms with Gasteiger partial charge in [-0.25, -0.2) is 19.8 Å². The van der Waals surface area contributed by atoms with Gasteiger partial charge in [0.25, 0.3) is 0 Å². The first-order chi connectivity index (χ1) is 11.7. The minimum absolute atomic E-state index is 0.498. The van der Waals surface area contributed by atoms with Crippen LogP contribution in [-0.4, -0.2) is 24.5 Å². The molecule has 0 aliphatic heterocycles. The van der Waals surface area contributed by atoms with Crippen LogP contribution in [0.3, 0.4) is 0 Å². The molecular weight excluding hydrogens is 300 g/mol. The summed E-state index contributed by atoms with van der Waals surface area (Å²) >= 11 is 0. The van der Waals surface area contributed by atoms with Gasteiger partial charge in [-0.05, 0) is 18.9 Å². The summed E-state index contributed by atoms with van der Waals surface area (Å²) in [7, 11) is 0. The smallest absolute Gasteiger partial charge is 0.216 e. The molecule has 0 N–H and O–H groups in total. The van der Waals surface area contributed by atoms with Crippen LogP contribution < -0.4 is 0 Å². The topological polar surface area (TPSA) is 60.9 Å². The predicted molar refractivity (Wildman–Crippen MR) is 91.6 cm³/mol. The van der Waals surface area contributed by atoms with E-state index in [4.69, 9.17) is 6.57 Å². The van der Waals surface area contributed by atoms with Crippen LogP contribution in [0.1, 0.15) is 30.3 Å². The van der Waals surface area contributed by atoms with Crippen LogP contribution in [0.5, 0.6) is 0 Å². The normalized spacial score (nSPS) is 10.5. The quantitative estimate of drug-likeness (QED) is 0.674. The second kappa shape index (κ2) is 7.01. The lowest BCUT2D eigenvalue weighted by Crippen LogP contribution is -2.09. The zero-order chi connectivity index (χ0) is 16.9. The van der Waals surface area contributed by atoms with Crippen molar-refractivity contribution < 1.29 is 0 Å². The zero-order valence-electron chi connectivity index (χ0n) is 13.8. The average molecular weight is 318 g/mol. The molecule has 0 fully saturated rings.